The van der Waals surface area contributed by atoms with Crippen molar-refractivity contribution in [1.82, 2.24) is 9.88 Å². The zero-order valence-corrected chi connectivity index (χ0v) is 14.1. The third-order valence-electron chi connectivity index (χ3n) is 4.90. The fourth-order valence-corrected chi connectivity index (χ4v) is 3.37. The second kappa shape index (κ2) is 6.63. The monoisotopic (exact) mass is 350 g/mol. The molecule has 6 heteroatoms. The van der Waals surface area contributed by atoms with Gasteiger partial charge in [-0.3, -0.25) is 4.79 Å². The number of fused-ring (bicyclic) bond motifs is 1. The average molecular weight is 350 g/mol. The van der Waals surface area contributed by atoms with Crippen molar-refractivity contribution in [2.75, 3.05) is 13.1 Å². The van der Waals surface area contributed by atoms with Crippen LogP contribution in [0, 0.1) is 0 Å². The van der Waals surface area contributed by atoms with Gasteiger partial charge in [-0.15, -0.1) is 0 Å². The number of benzene rings is 2. The predicted molar refractivity (Wildman–Crippen MR) is 96.4 cm³/mol. The Kier molecular flexibility index (Phi) is 4.16. The molecule has 1 aromatic heterocycles. The smallest absolute Gasteiger partial charge is 0.407 e. The molecule has 1 aliphatic heterocycles. The number of hydrogen-bond acceptors (Lipinski definition) is 4. The van der Waals surface area contributed by atoms with Crippen molar-refractivity contribution in [1.29, 1.82) is 0 Å². The first-order chi connectivity index (χ1) is 12.6. The molecule has 1 saturated heterocycles. The van der Waals surface area contributed by atoms with Crippen molar-refractivity contribution in [3.63, 3.8) is 0 Å². The minimum Gasteiger partial charge on any atom is -0.465 e. The number of oxazole rings is 1. The Morgan fingerprint density at radius 3 is 2.46 bits per heavy atom. The van der Waals surface area contributed by atoms with Crippen LogP contribution >= 0.6 is 0 Å². The van der Waals surface area contributed by atoms with Crippen LogP contribution in [0.5, 0.6) is 0 Å². The van der Waals surface area contributed by atoms with Gasteiger partial charge in [-0.25, -0.2) is 9.78 Å². The lowest BCUT2D eigenvalue weighted by Crippen LogP contribution is -2.36. The van der Waals surface area contributed by atoms with E-state index in [4.69, 9.17) is 9.52 Å². The Morgan fingerprint density at radius 2 is 1.81 bits per heavy atom. The van der Waals surface area contributed by atoms with Crippen LogP contribution in [0.15, 0.2) is 46.9 Å². The lowest BCUT2D eigenvalue weighted by atomic mass is 9.97. The number of carbonyl (C=O) groups is 2. The molecule has 2 heterocycles. The lowest BCUT2D eigenvalue weighted by molar-refractivity contribution is 0.112. The van der Waals surface area contributed by atoms with Gasteiger partial charge in [-0.05, 0) is 36.1 Å². The summed E-state index contributed by atoms with van der Waals surface area (Å²) >= 11 is 0. The number of amides is 1. The SMILES string of the molecule is O=Cc1ccc(-c2ccc3oc(C4CCN(C(=O)O)CC4)nc3c2)cc1. The maximum absolute atomic E-state index is 11.0. The van der Waals surface area contributed by atoms with E-state index in [2.05, 4.69) is 4.98 Å². The van der Waals surface area contributed by atoms with E-state index in [-0.39, 0.29) is 5.92 Å². The number of likely N-dealkylation sites (tertiary alicyclic amines) is 1. The number of hydrogen-bond donors (Lipinski definition) is 1. The van der Waals surface area contributed by atoms with Gasteiger partial charge in [-0.1, -0.05) is 30.3 Å². The second-order valence-corrected chi connectivity index (χ2v) is 6.52. The molecule has 0 aliphatic carbocycles. The highest BCUT2D eigenvalue weighted by Crippen LogP contribution is 2.31. The van der Waals surface area contributed by atoms with Crippen LogP contribution in [0.1, 0.15) is 35.0 Å². The van der Waals surface area contributed by atoms with E-state index in [1.807, 2.05) is 30.3 Å². The summed E-state index contributed by atoms with van der Waals surface area (Å²) in [5, 5.41) is 9.05. The molecule has 1 N–H and O–H groups in total. The van der Waals surface area contributed by atoms with E-state index in [0.29, 0.717) is 24.5 Å². The Bertz CT molecular complexity index is 954. The minimum absolute atomic E-state index is 0.147. The summed E-state index contributed by atoms with van der Waals surface area (Å²) in [6.45, 7) is 1.01. The first-order valence-electron chi connectivity index (χ1n) is 8.58. The molecule has 1 fully saturated rings. The molecule has 26 heavy (non-hydrogen) atoms. The van der Waals surface area contributed by atoms with Crippen molar-refractivity contribution < 1.29 is 19.1 Å². The molecular formula is C20H18N2O4. The number of carboxylic acid groups (broad SMARTS) is 1. The standard InChI is InChI=1S/C20H18N2O4/c23-12-13-1-3-14(4-2-13)16-5-6-18-17(11-16)21-19(26-18)15-7-9-22(10-8-15)20(24)25/h1-6,11-12,15H,7-10H2,(H,24,25). The van der Waals surface area contributed by atoms with Gasteiger partial charge in [0, 0.05) is 24.6 Å². The Balaban J connectivity index is 1.58. The third-order valence-corrected chi connectivity index (χ3v) is 4.90. The largest absolute Gasteiger partial charge is 0.465 e. The van der Waals surface area contributed by atoms with Gasteiger partial charge in [0.15, 0.2) is 11.5 Å². The maximum atomic E-state index is 11.0. The van der Waals surface area contributed by atoms with E-state index in [1.165, 1.54) is 4.90 Å². The molecule has 0 atom stereocenters. The van der Waals surface area contributed by atoms with Gasteiger partial charge in [0.05, 0.1) is 0 Å². The third kappa shape index (κ3) is 3.06. The fraction of sp³-hybridized carbons (Fsp3) is 0.250. The lowest BCUT2D eigenvalue weighted by Gasteiger charge is -2.28. The Labute approximate surface area is 150 Å². The summed E-state index contributed by atoms with van der Waals surface area (Å²) < 4.78 is 5.91. The minimum atomic E-state index is -0.869. The predicted octanol–water partition coefficient (Wildman–Crippen LogP) is 4.16. The highest BCUT2D eigenvalue weighted by Gasteiger charge is 2.26. The summed E-state index contributed by atoms with van der Waals surface area (Å²) in [5.41, 5.74) is 4.19. The summed E-state index contributed by atoms with van der Waals surface area (Å²) in [5.74, 6) is 0.826. The molecule has 2 aromatic carbocycles. The number of aromatic nitrogens is 1. The van der Waals surface area contributed by atoms with Crippen LogP contribution in [0.4, 0.5) is 4.79 Å². The quantitative estimate of drug-likeness (QED) is 0.717. The van der Waals surface area contributed by atoms with Crippen molar-refractivity contribution in [2.24, 2.45) is 0 Å². The zero-order chi connectivity index (χ0) is 18.1. The van der Waals surface area contributed by atoms with E-state index >= 15 is 0 Å². The highest BCUT2D eigenvalue weighted by atomic mass is 16.4. The molecule has 132 valence electrons. The summed E-state index contributed by atoms with van der Waals surface area (Å²) in [7, 11) is 0. The molecule has 3 aromatic rings. The number of nitrogens with zero attached hydrogens (tertiary/aromatic N) is 2. The van der Waals surface area contributed by atoms with Gasteiger partial charge in [0.1, 0.15) is 11.8 Å². The van der Waals surface area contributed by atoms with Crippen molar-refractivity contribution in [2.45, 2.75) is 18.8 Å². The van der Waals surface area contributed by atoms with Crippen molar-refractivity contribution >= 4 is 23.5 Å². The van der Waals surface area contributed by atoms with Gasteiger partial charge in [-0.2, -0.15) is 0 Å². The summed E-state index contributed by atoms with van der Waals surface area (Å²) in [4.78, 5) is 27.9. The molecular weight excluding hydrogens is 332 g/mol. The first kappa shape index (κ1) is 16.3. The Hall–Kier alpha value is -3.15. The first-order valence-corrected chi connectivity index (χ1v) is 8.58. The molecule has 0 unspecified atom stereocenters. The van der Waals surface area contributed by atoms with Crippen LogP contribution in [0.25, 0.3) is 22.2 Å². The van der Waals surface area contributed by atoms with Crippen molar-refractivity contribution in [3.8, 4) is 11.1 Å². The van der Waals surface area contributed by atoms with Crippen LogP contribution in [0.3, 0.4) is 0 Å². The van der Waals surface area contributed by atoms with Crippen molar-refractivity contribution in [3.05, 3.63) is 53.9 Å². The fourth-order valence-electron chi connectivity index (χ4n) is 3.37. The molecule has 6 nitrogen and oxygen atoms in total. The molecule has 0 saturated carbocycles. The van der Waals surface area contributed by atoms with E-state index in [1.54, 1.807) is 12.1 Å². The topological polar surface area (TPSA) is 83.6 Å². The second-order valence-electron chi connectivity index (χ2n) is 6.52. The number of carbonyl (C=O) groups excluding carboxylic acids is 1. The van der Waals surface area contributed by atoms with E-state index in [9.17, 15) is 9.59 Å². The highest BCUT2D eigenvalue weighted by molar-refractivity contribution is 5.82. The molecule has 0 spiro atoms. The molecule has 4 rings (SSSR count). The number of rotatable bonds is 3. The van der Waals surface area contributed by atoms with Crippen LogP contribution in [-0.4, -0.2) is 40.5 Å². The average Bonchev–Trinajstić information content (AvgIpc) is 3.11. The van der Waals surface area contributed by atoms with E-state index < -0.39 is 6.09 Å². The van der Waals surface area contributed by atoms with Gasteiger partial charge in [0.2, 0.25) is 0 Å². The molecule has 1 amide bonds. The number of aldehydes is 1. The normalized spacial score (nSPS) is 15.3. The maximum Gasteiger partial charge on any atom is 0.407 e. The summed E-state index contributed by atoms with van der Waals surface area (Å²) in [6.07, 6.45) is 1.40. The zero-order valence-electron chi connectivity index (χ0n) is 14.1. The summed E-state index contributed by atoms with van der Waals surface area (Å²) in [6, 6.07) is 13.3. The van der Waals surface area contributed by atoms with E-state index in [0.717, 1.165) is 41.4 Å². The van der Waals surface area contributed by atoms with Gasteiger partial charge >= 0.3 is 6.09 Å². The van der Waals surface area contributed by atoms with Crippen LogP contribution in [0.2, 0.25) is 0 Å². The Morgan fingerprint density at radius 1 is 1.12 bits per heavy atom. The molecule has 0 bridgehead atoms. The molecule has 0 radical (unpaired) electrons. The number of piperidine rings is 1. The molecule has 1 aliphatic rings. The van der Waals surface area contributed by atoms with Gasteiger partial charge < -0.3 is 14.4 Å². The van der Waals surface area contributed by atoms with Gasteiger partial charge in [0.25, 0.3) is 0 Å². The van der Waals surface area contributed by atoms with Crippen LogP contribution < -0.4 is 0 Å². The van der Waals surface area contributed by atoms with Crippen LogP contribution in [-0.2, 0) is 0 Å².